The Morgan fingerprint density at radius 2 is 1.43 bits per heavy atom. The third kappa shape index (κ3) is 5.71. The van der Waals surface area contributed by atoms with Crippen LogP contribution in [0.2, 0.25) is 0 Å². The highest BCUT2D eigenvalue weighted by Crippen LogP contribution is 2.23. The number of hydrogen-bond acceptors (Lipinski definition) is 3. The zero-order chi connectivity index (χ0) is 19.8. The molecule has 0 radical (unpaired) electrons. The minimum absolute atomic E-state index is 0.184. The molecule has 0 unspecified atom stereocenters. The summed E-state index contributed by atoms with van der Waals surface area (Å²) in [7, 11) is 0. The van der Waals surface area contributed by atoms with Crippen LogP contribution >= 0.6 is 0 Å². The smallest absolute Gasteiger partial charge is 0.309 e. The molecule has 0 saturated carbocycles. The van der Waals surface area contributed by atoms with Gasteiger partial charge in [0.05, 0.1) is 5.92 Å². The SMILES string of the molecule is Cc1ccc(C[C@H](C)C(=O)OCc2ccccc2)cc1OCc1ccccc1. The second-order valence-electron chi connectivity index (χ2n) is 7.07. The molecule has 0 N–H and O–H groups in total. The highest BCUT2D eigenvalue weighted by molar-refractivity contribution is 5.72. The third-order valence-electron chi connectivity index (χ3n) is 4.66. The maximum Gasteiger partial charge on any atom is 0.309 e. The number of ether oxygens (including phenoxy) is 2. The Morgan fingerprint density at radius 1 is 0.821 bits per heavy atom. The van der Waals surface area contributed by atoms with E-state index >= 15 is 0 Å². The van der Waals surface area contributed by atoms with Gasteiger partial charge in [0.1, 0.15) is 19.0 Å². The molecule has 1 atom stereocenters. The number of aryl methyl sites for hydroxylation is 1. The highest BCUT2D eigenvalue weighted by Gasteiger charge is 2.16. The third-order valence-corrected chi connectivity index (χ3v) is 4.66. The van der Waals surface area contributed by atoms with Gasteiger partial charge >= 0.3 is 5.97 Å². The van der Waals surface area contributed by atoms with E-state index < -0.39 is 0 Å². The van der Waals surface area contributed by atoms with E-state index in [1.807, 2.05) is 92.7 Å². The van der Waals surface area contributed by atoms with E-state index in [2.05, 4.69) is 0 Å². The number of carbonyl (C=O) groups is 1. The van der Waals surface area contributed by atoms with Crippen molar-refractivity contribution in [2.45, 2.75) is 33.5 Å². The maximum absolute atomic E-state index is 12.3. The first kappa shape index (κ1) is 19.7. The summed E-state index contributed by atoms with van der Waals surface area (Å²) in [5.74, 6) is 0.454. The highest BCUT2D eigenvalue weighted by atomic mass is 16.5. The quantitative estimate of drug-likeness (QED) is 0.489. The van der Waals surface area contributed by atoms with Crippen molar-refractivity contribution < 1.29 is 14.3 Å². The van der Waals surface area contributed by atoms with Crippen molar-refractivity contribution in [3.8, 4) is 5.75 Å². The molecule has 0 aliphatic rings. The van der Waals surface area contributed by atoms with Gasteiger partial charge in [-0.05, 0) is 41.7 Å². The van der Waals surface area contributed by atoms with Crippen LogP contribution in [0.15, 0.2) is 78.9 Å². The van der Waals surface area contributed by atoms with Crippen LogP contribution in [0.1, 0.15) is 29.2 Å². The van der Waals surface area contributed by atoms with Crippen LogP contribution in [0.5, 0.6) is 5.75 Å². The van der Waals surface area contributed by atoms with E-state index in [1.165, 1.54) is 0 Å². The number of carbonyl (C=O) groups excluding carboxylic acids is 1. The number of hydrogen-bond donors (Lipinski definition) is 0. The summed E-state index contributed by atoms with van der Waals surface area (Å²) in [5.41, 5.74) is 4.27. The fourth-order valence-corrected chi connectivity index (χ4v) is 2.97. The lowest BCUT2D eigenvalue weighted by atomic mass is 10.00. The molecule has 0 aromatic heterocycles. The number of benzene rings is 3. The largest absolute Gasteiger partial charge is 0.489 e. The van der Waals surface area contributed by atoms with Gasteiger partial charge in [0, 0.05) is 0 Å². The first-order chi connectivity index (χ1) is 13.6. The van der Waals surface area contributed by atoms with Crippen LogP contribution in [0.3, 0.4) is 0 Å². The van der Waals surface area contributed by atoms with Gasteiger partial charge in [-0.25, -0.2) is 0 Å². The summed E-state index contributed by atoms with van der Waals surface area (Å²) < 4.78 is 11.4. The molecule has 3 heteroatoms. The molecule has 0 fully saturated rings. The van der Waals surface area contributed by atoms with Crippen molar-refractivity contribution in [1.29, 1.82) is 0 Å². The molecular formula is C25H26O3. The summed E-state index contributed by atoms with van der Waals surface area (Å²) in [6, 6.07) is 25.9. The molecule has 0 bridgehead atoms. The van der Waals surface area contributed by atoms with Gasteiger partial charge < -0.3 is 9.47 Å². The molecule has 3 aromatic rings. The summed E-state index contributed by atoms with van der Waals surface area (Å²) in [5, 5.41) is 0. The van der Waals surface area contributed by atoms with E-state index in [-0.39, 0.29) is 11.9 Å². The topological polar surface area (TPSA) is 35.5 Å². The first-order valence-corrected chi connectivity index (χ1v) is 9.58. The van der Waals surface area contributed by atoms with Crippen molar-refractivity contribution in [1.82, 2.24) is 0 Å². The molecule has 3 rings (SSSR count). The van der Waals surface area contributed by atoms with Gasteiger partial charge in [-0.3, -0.25) is 4.79 Å². The average Bonchev–Trinajstić information content (AvgIpc) is 2.73. The Balaban J connectivity index is 1.56. The zero-order valence-corrected chi connectivity index (χ0v) is 16.4. The fraction of sp³-hybridized carbons (Fsp3) is 0.240. The van der Waals surface area contributed by atoms with Crippen molar-refractivity contribution in [2.24, 2.45) is 5.92 Å². The van der Waals surface area contributed by atoms with Gasteiger partial charge in [-0.1, -0.05) is 79.7 Å². The summed E-state index contributed by atoms with van der Waals surface area (Å²) in [4.78, 5) is 12.3. The van der Waals surface area contributed by atoms with Crippen LogP contribution < -0.4 is 4.74 Å². The second kappa shape index (κ2) is 9.75. The van der Waals surface area contributed by atoms with Gasteiger partial charge in [0.25, 0.3) is 0 Å². The van der Waals surface area contributed by atoms with Crippen molar-refractivity contribution >= 4 is 5.97 Å². The van der Waals surface area contributed by atoms with E-state index in [4.69, 9.17) is 9.47 Å². The fourth-order valence-electron chi connectivity index (χ4n) is 2.97. The van der Waals surface area contributed by atoms with Crippen LogP contribution in [-0.2, 0) is 29.2 Å². The summed E-state index contributed by atoms with van der Waals surface area (Å²) >= 11 is 0. The summed E-state index contributed by atoms with van der Waals surface area (Å²) in [6.45, 7) is 4.77. The molecule has 0 amide bonds. The molecule has 3 nitrogen and oxygen atoms in total. The van der Waals surface area contributed by atoms with Gasteiger partial charge in [0.2, 0.25) is 0 Å². The van der Waals surface area contributed by atoms with Crippen LogP contribution in [0.4, 0.5) is 0 Å². The van der Waals surface area contributed by atoms with Gasteiger partial charge in [0.15, 0.2) is 0 Å². The minimum atomic E-state index is -0.214. The van der Waals surface area contributed by atoms with Crippen LogP contribution in [0, 0.1) is 12.8 Å². The Labute approximate surface area is 166 Å². The zero-order valence-electron chi connectivity index (χ0n) is 16.4. The molecule has 144 valence electrons. The van der Waals surface area contributed by atoms with Crippen molar-refractivity contribution in [2.75, 3.05) is 0 Å². The van der Waals surface area contributed by atoms with E-state index in [0.717, 1.165) is 28.0 Å². The average molecular weight is 374 g/mol. The maximum atomic E-state index is 12.3. The molecule has 3 aromatic carbocycles. The predicted octanol–water partition coefficient (Wildman–Crippen LogP) is 5.50. The molecule has 0 aliphatic heterocycles. The van der Waals surface area contributed by atoms with Crippen LogP contribution in [0.25, 0.3) is 0 Å². The monoisotopic (exact) mass is 374 g/mol. The standard InChI is InChI=1S/C25H26O3/c1-19-13-14-23(16-24(19)27-17-21-9-5-3-6-10-21)15-20(2)25(26)28-18-22-11-7-4-8-12-22/h3-14,16,20H,15,17-18H2,1-2H3/t20-/m0/s1. The Kier molecular flexibility index (Phi) is 6.85. The normalized spacial score (nSPS) is 11.6. The molecule has 0 saturated heterocycles. The first-order valence-electron chi connectivity index (χ1n) is 9.58. The van der Waals surface area contributed by atoms with E-state index in [9.17, 15) is 4.79 Å². The van der Waals surface area contributed by atoms with Crippen molar-refractivity contribution in [3.05, 3.63) is 101 Å². The Bertz CT molecular complexity index is 888. The van der Waals surface area contributed by atoms with E-state index in [0.29, 0.717) is 19.6 Å². The molecule has 28 heavy (non-hydrogen) atoms. The van der Waals surface area contributed by atoms with Crippen LogP contribution in [-0.4, -0.2) is 5.97 Å². The molecule has 0 spiro atoms. The minimum Gasteiger partial charge on any atom is -0.489 e. The lowest BCUT2D eigenvalue weighted by Crippen LogP contribution is -2.17. The van der Waals surface area contributed by atoms with Gasteiger partial charge in [-0.15, -0.1) is 0 Å². The predicted molar refractivity (Wildman–Crippen MR) is 111 cm³/mol. The Hall–Kier alpha value is -3.07. The molecule has 0 heterocycles. The lowest BCUT2D eigenvalue weighted by molar-refractivity contribution is -0.149. The number of esters is 1. The van der Waals surface area contributed by atoms with E-state index in [1.54, 1.807) is 0 Å². The Morgan fingerprint density at radius 3 is 2.07 bits per heavy atom. The number of rotatable bonds is 8. The van der Waals surface area contributed by atoms with Gasteiger partial charge in [-0.2, -0.15) is 0 Å². The van der Waals surface area contributed by atoms with Crippen molar-refractivity contribution in [3.63, 3.8) is 0 Å². The summed E-state index contributed by atoms with van der Waals surface area (Å²) in [6.07, 6.45) is 0.621. The molecular weight excluding hydrogens is 348 g/mol. The second-order valence-corrected chi connectivity index (χ2v) is 7.07. The molecule has 0 aliphatic carbocycles. The lowest BCUT2D eigenvalue weighted by Gasteiger charge is -2.14.